The summed E-state index contributed by atoms with van der Waals surface area (Å²) in [6.45, 7) is 7.11. The number of fused-ring (bicyclic) bond motifs is 1. The number of amides is 1. The summed E-state index contributed by atoms with van der Waals surface area (Å²) < 4.78 is 27.5. The monoisotopic (exact) mass is 512 g/mol. The lowest BCUT2D eigenvalue weighted by Gasteiger charge is -2.13. The van der Waals surface area contributed by atoms with Gasteiger partial charge in [-0.25, -0.2) is 4.98 Å². The smallest absolute Gasteiger partial charge is 0.298 e. The third-order valence-corrected chi connectivity index (χ3v) is 6.73. The summed E-state index contributed by atoms with van der Waals surface area (Å²) in [4.78, 5) is 23.9. The summed E-state index contributed by atoms with van der Waals surface area (Å²) in [7, 11) is 1.42. The summed E-state index contributed by atoms with van der Waals surface area (Å²) in [5.41, 5.74) is 3.60. The van der Waals surface area contributed by atoms with E-state index in [-0.39, 0.29) is 29.2 Å². The highest BCUT2D eigenvalue weighted by atomic mass is 19.1. The van der Waals surface area contributed by atoms with Crippen molar-refractivity contribution in [3.05, 3.63) is 72.2 Å². The first-order valence-electron chi connectivity index (χ1n) is 12.6. The molecule has 1 amide bonds. The molecule has 38 heavy (non-hydrogen) atoms. The van der Waals surface area contributed by atoms with Gasteiger partial charge in [-0.15, -0.1) is 0 Å². The average molecular weight is 513 g/mol. The van der Waals surface area contributed by atoms with E-state index >= 15 is 0 Å². The van der Waals surface area contributed by atoms with Gasteiger partial charge in [0.2, 0.25) is 5.82 Å². The van der Waals surface area contributed by atoms with Crippen molar-refractivity contribution in [2.45, 2.75) is 39.0 Å². The van der Waals surface area contributed by atoms with E-state index in [0.717, 1.165) is 34.7 Å². The van der Waals surface area contributed by atoms with Gasteiger partial charge in [-0.3, -0.25) is 14.2 Å². The molecule has 4 aromatic rings. The molecule has 1 aliphatic rings. The van der Waals surface area contributed by atoms with Gasteiger partial charge in [0.05, 0.1) is 24.0 Å². The number of benzene rings is 2. The molecule has 0 saturated carbocycles. The number of ether oxygens (including phenoxy) is 2. The molecule has 0 bridgehead atoms. The normalized spacial score (nSPS) is 15.0. The molecular formula is C30H29FN4O3. The van der Waals surface area contributed by atoms with Gasteiger partial charge in [0.15, 0.2) is 11.5 Å². The number of imidazole rings is 1. The summed E-state index contributed by atoms with van der Waals surface area (Å²) in [6, 6.07) is 12.2. The van der Waals surface area contributed by atoms with Crippen molar-refractivity contribution in [1.82, 2.24) is 19.3 Å². The number of likely N-dealkylation sites (tertiary alicyclic amines) is 1. The molecule has 1 atom stereocenters. The van der Waals surface area contributed by atoms with E-state index in [1.807, 2.05) is 18.3 Å². The molecule has 1 fully saturated rings. The second-order valence-electron chi connectivity index (χ2n) is 9.51. The summed E-state index contributed by atoms with van der Waals surface area (Å²) >= 11 is 0. The first-order valence-corrected chi connectivity index (χ1v) is 12.6. The third-order valence-electron chi connectivity index (χ3n) is 6.73. The number of carbonyl (C=O) groups excluding carboxylic acids is 1. The predicted molar refractivity (Wildman–Crippen MR) is 143 cm³/mol. The van der Waals surface area contributed by atoms with Crippen LogP contribution >= 0.6 is 0 Å². The number of aromatic nitrogens is 3. The van der Waals surface area contributed by atoms with E-state index in [1.54, 1.807) is 48.4 Å². The molecule has 1 saturated heterocycles. The molecule has 8 heteroatoms. The van der Waals surface area contributed by atoms with Crippen molar-refractivity contribution in [2.75, 3.05) is 20.2 Å². The Bertz CT molecular complexity index is 1550. The number of hydrogen-bond acceptors (Lipinski definition) is 5. The SMILES string of the molecule is CC#CC(=O)N1CCC(c2nc(-c3ccc(Oc4cccc(OC)c4F)cc3)c3c(C(C)C)nccn23)C1. The van der Waals surface area contributed by atoms with E-state index in [9.17, 15) is 9.18 Å². The van der Waals surface area contributed by atoms with Crippen LogP contribution in [0, 0.1) is 17.7 Å². The maximum atomic E-state index is 14.6. The predicted octanol–water partition coefficient (Wildman–Crippen LogP) is 5.80. The number of methoxy groups -OCH3 is 1. The fourth-order valence-corrected chi connectivity index (χ4v) is 4.88. The molecular weight excluding hydrogens is 483 g/mol. The van der Waals surface area contributed by atoms with Crippen LogP contribution in [-0.4, -0.2) is 45.4 Å². The van der Waals surface area contributed by atoms with E-state index in [4.69, 9.17) is 14.5 Å². The molecule has 0 radical (unpaired) electrons. The lowest BCUT2D eigenvalue weighted by Crippen LogP contribution is -2.27. The van der Waals surface area contributed by atoms with Crippen molar-refractivity contribution in [1.29, 1.82) is 0 Å². The lowest BCUT2D eigenvalue weighted by atomic mass is 10.0. The van der Waals surface area contributed by atoms with Crippen LogP contribution in [0.4, 0.5) is 4.39 Å². The largest absolute Gasteiger partial charge is 0.494 e. The maximum absolute atomic E-state index is 14.6. The van der Waals surface area contributed by atoms with Crippen molar-refractivity contribution in [3.8, 4) is 40.3 Å². The highest BCUT2D eigenvalue weighted by Crippen LogP contribution is 2.36. The molecule has 0 aliphatic carbocycles. The zero-order valence-electron chi connectivity index (χ0n) is 21.9. The van der Waals surface area contributed by atoms with Crippen LogP contribution < -0.4 is 9.47 Å². The zero-order valence-corrected chi connectivity index (χ0v) is 21.9. The van der Waals surface area contributed by atoms with Crippen molar-refractivity contribution in [2.24, 2.45) is 0 Å². The average Bonchev–Trinajstić information content (AvgIpc) is 3.56. The van der Waals surface area contributed by atoms with E-state index in [1.165, 1.54) is 7.11 Å². The Labute approximate surface area is 221 Å². The van der Waals surface area contributed by atoms with Crippen LogP contribution in [0.2, 0.25) is 0 Å². The van der Waals surface area contributed by atoms with Crippen LogP contribution in [0.5, 0.6) is 17.2 Å². The second-order valence-corrected chi connectivity index (χ2v) is 9.51. The van der Waals surface area contributed by atoms with E-state index in [2.05, 4.69) is 35.1 Å². The first kappa shape index (κ1) is 25.3. The van der Waals surface area contributed by atoms with Crippen LogP contribution in [-0.2, 0) is 4.79 Å². The molecule has 0 N–H and O–H groups in total. The standard InChI is InChI=1S/C30H29FN4O3/c1-5-7-25(36)34-16-14-21(18-34)30-33-28(29-27(19(2)3)32-15-17-35(29)30)20-10-12-22(13-11-20)38-24-9-6-8-23(37-4)26(24)31/h6,8-13,15,17,19,21H,14,16,18H2,1-4H3. The first-order chi connectivity index (χ1) is 18.4. The summed E-state index contributed by atoms with van der Waals surface area (Å²) in [5, 5.41) is 0. The zero-order chi connectivity index (χ0) is 26.8. The number of hydrogen-bond donors (Lipinski definition) is 0. The van der Waals surface area contributed by atoms with Gasteiger partial charge < -0.3 is 14.4 Å². The van der Waals surface area contributed by atoms with E-state index in [0.29, 0.717) is 18.8 Å². The quantitative estimate of drug-likeness (QED) is 0.306. The van der Waals surface area contributed by atoms with Crippen LogP contribution in [0.15, 0.2) is 54.9 Å². The van der Waals surface area contributed by atoms with Gasteiger partial charge in [-0.1, -0.05) is 25.8 Å². The van der Waals surface area contributed by atoms with Crippen molar-refractivity contribution >= 4 is 11.4 Å². The lowest BCUT2D eigenvalue weighted by molar-refractivity contribution is -0.124. The number of nitrogens with zero attached hydrogens (tertiary/aromatic N) is 4. The Balaban J connectivity index is 1.51. The molecule has 0 spiro atoms. The minimum Gasteiger partial charge on any atom is -0.494 e. The highest BCUT2D eigenvalue weighted by Gasteiger charge is 2.31. The Morgan fingerprint density at radius 1 is 1.16 bits per heavy atom. The van der Waals surface area contributed by atoms with Gasteiger partial charge in [-0.2, -0.15) is 4.39 Å². The Hall–Kier alpha value is -4.38. The molecule has 5 rings (SSSR count). The van der Waals surface area contributed by atoms with E-state index < -0.39 is 5.82 Å². The molecule has 3 heterocycles. The summed E-state index contributed by atoms with van der Waals surface area (Å²) in [6.07, 6.45) is 4.55. The molecule has 2 aromatic heterocycles. The Morgan fingerprint density at radius 2 is 1.92 bits per heavy atom. The fourth-order valence-electron chi connectivity index (χ4n) is 4.88. The van der Waals surface area contributed by atoms with Gasteiger partial charge >= 0.3 is 0 Å². The van der Waals surface area contributed by atoms with Gasteiger partial charge in [0, 0.05) is 37.0 Å². The minimum atomic E-state index is -0.550. The van der Waals surface area contributed by atoms with Crippen LogP contribution in [0.3, 0.4) is 0 Å². The molecule has 7 nitrogen and oxygen atoms in total. The number of halogens is 1. The Morgan fingerprint density at radius 3 is 2.63 bits per heavy atom. The van der Waals surface area contributed by atoms with Crippen LogP contribution in [0.25, 0.3) is 16.8 Å². The van der Waals surface area contributed by atoms with Gasteiger partial charge in [0.25, 0.3) is 5.91 Å². The second kappa shape index (κ2) is 10.5. The third kappa shape index (κ3) is 4.68. The fraction of sp³-hybridized carbons (Fsp3) is 0.300. The van der Waals surface area contributed by atoms with Gasteiger partial charge in [0.1, 0.15) is 11.6 Å². The number of carbonyl (C=O) groups is 1. The minimum absolute atomic E-state index is 0.0833. The molecule has 1 unspecified atom stereocenters. The van der Waals surface area contributed by atoms with Gasteiger partial charge in [-0.05, 0) is 61.6 Å². The van der Waals surface area contributed by atoms with Crippen LogP contribution in [0.1, 0.15) is 50.5 Å². The number of rotatable bonds is 6. The highest BCUT2D eigenvalue weighted by molar-refractivity contribution is 5.93. The topological polar surface area (TPSA) is 69.0 Å². The molecule has 194 valence electrons. The molecule has 1 aliphatic heterocycles. The van der Waals surface area contributed by atoms with Crippen molar-refractivity contribution < 1.29 is 18.7 Å². The summed E-state index contributed by atoms with van der Waals surface area (Å²) in [5.74, 6) is 6.51. The molecule has 2 aromatic carbocycles. The Kier molecular flexibility index (Phi) is 7.01. The van der Waals surface area contributed by atoms with Crippen molar-refractivity contribution in [3.63, 3.8) is 0 Å². The maximum Gasteiger partial charge on any atom is 0.298 e.